The molecule has 2 aromatic carbocycles. The average Bonchev–Trinajstić information content (AvgIpc) is 2.79. The SMILES string of the molecule is Cc1cc(C)nc(Nc2ccc(C(=O)Nc3cc(C(F)(F)F)ccc3N3CCOCC3)cc2)n1. The zero-order valence-electron chi connectivity index (χ0n) is 18.7. The van der Waals surface area contributed by atoms with Crippen molar-refractivity contribution in [3.63, 3.8) is 0 Å². The molecule has 1 amide bonds. The highest BCUT2D eigenvalue weighted by Gasteiger charge is 2.32. The van der Waals surface area contributed by atoms with Crippen molar-refractivity contribution in [1.82, 2.24) is 9.97 Å². The summed E-state index contributed by atoms with van der Waals surface area (Å²) in [4.78, 5) is 23.4. The highest BCUT2D eigenvalue weighted by atomic mass is 19.4. The van der Waals surface area contributed by atoms with Gasteiger partial charge in [-0.1, -0.05) is 0 Å². The summed E-state index contributed by atoms with van der Waals surface area (Å²) in [6.07, 6.45) is -4.52. The Labute approximate surface area is 195 Å². The van der Waals surface area contributed by atoms with Gasteiger partial charge in [-0.25, -0.2) is 9.97 Å². The number of nitrogens with one attached hydrogen (secondary N) is 2. The van der Waals surface area contributed by atoms with Crippen LogP contribution in [0.4, 0.5) is 36.2 Å². The molecule has 178 valence electrons. The van der Waals surface area contributed by atoms with Gasteiger partial charge in [-0.3, -0.25) is 4.79 Å². The van der Waals surface area contributed by atoms with E-state index in [1.54, 1.807) is 24.3 Å². The quantitative estimate of drug-likeness (QED) is 0.549. The Morgan fingerprint density at radius 3 is 2.24 bits per heavy atom. The monoisotopic (exact) mass is 471 g/mol. The number of aryl methyl sites for hydroxylation is 2. The van der Waals surface area contributed by atoms with Crippen molar-refractivity contribution in [3.05, 3.63) is 71.0 Å². The molecule has 34 heavy (non-hydrogen) atoms. The number of halogens is 3. The maximum atomic E-state index is 13.3. The fourth-order valence-electron chi connectivity index (χ4n) is 3.70. The number of anilines is 4. The molecule has 2 heterocycles. The summed E-state index contributed by atoms with van der Waals surface area (Å²) < 4.78 is 45.3. The normalized spacial score (nSPS) is 14.1. The molecule has 0 saturated carbocycles. The van der Waals surface area contributed by atoms with Crippen LogP contribution in [0.2, 0.25) is 0 Å². The van der Waals surface area contributed by atoms with Crippen molar-refractivity contribution in [2.45, 2.75) is 20.0 Å². The molecule has 1 saturated heterocycles. The third kappa shape index (κ3) is 5.63. The molecule has 1 aliphatic heterocycles. The van der Waals surface area contributed by atoms with Crippen LogP contribution in [-0.4, -0.2) is 42.2 Å². The zero-order chi connectivity index (χ0) is 24.3. The van der Waals surface area contributed by atoms with Crippen LogP contribution in [0.25, 0.3) is 0 Å². The first kappa shape index (κ1) is 23.5. The molecule has 0 spiro atoms. The molecule has 0 atom stereocenters. The Morgan fingerprint density at radius 1 is 0.971 bits per heavy atom. The molecule has 4 rings (SSSR count). The summed E-state index contributed by atoms with van der Waals surface area (Å²) in [5.74, 6) is -0.0724. The van der Waals surface area contributed by atoms with Crippen LogP contribution in [0.1, 0.15) is 27.3 Å². The molecule has 3 aromatic rings. The minimum Gasteiger partial charge on any atom is -0.378 e. The van der Waals surface area contributed by atoms with E-state index in [4.69, 9.17) is 4.74 Å². The van der Waals surface area contributed by atoms with Gasteiger partial charge < -0.3 is 20.3 Å². The van der Waals surface area contributed by atoms with E-state index in [0.717, 1.165) is 23.5 Å². The third-order valence-corrected chi connectivity index (χ3v) is 5.31. The molecule has 1 aromatic heterocycles. The molecule has 0 unspecified atom stereocenters. The number of benzene rings is 2. The third-order valence-electron chi connectivity index (χ3n) is 5.31. The van der Waals surface area contributed by atoms with E-state index in [2.05, 4.69) is 20.6 Å². The van der Waals surface area contributed by atoms with Gasteiger partial charge in [0.1, 0.15) is 0 Å². The van der Waals surface area contributed by atoms with Gasteiger partial charge in [0.2, 0.25) is 5.95 Å². The Bertz CT molecular complexity index is 1160. The molecular weight excluding hydrogens is 447 g/mol. The first-order chi connectivity index (χ1) is 16.2. The Morgan fingerprint density at radius 2 is 1.62 bits per heavy atom. The predicted molar refractivity (Wildman–Crippen MR) is 124 cm³/mol. The first-order valence-corrected chi connectivity index (χ1v) is 10.7. The lowest BCUT2D eigenvalue weighted by atomic mass is 10.1. The van der Waals surface area contributed by atoms with Gasteiger partial charge in [-0.15, -0.1) is 0 Å². The maximum Gasteiger partial charge on any atom is 0.416 e. The summed E-state index contributed by atoms with van der Waals surface area (Å²) in [5, 5.41) is 5.73. The summed E-state index contributed by atoms with van der Waals surface area (Å²) in [7, 11) is 0. The van der Waals surface area contributed by atoms with Gasteiger partial charge in [0.05, 0.1) is 30.2 Å². The average molecular weight is 471 g/mol. The number of alkyl halides is 3. The van der Waals surface area contributed by atoms with Crippen LogP contribution in [0.3, 0.4) is 0 Å². The van der Waals surface area contributed by atoms with Crippen LogP contribution in [0.15, 0.2) is 48.5 Å². The van der Waals surface area contributed by atoms with Crippen molar-refractivity contribution in [2.75, 3.05) is 41.8 Å². The number of carbonyl (C=O) groups excluding carboxylic acids is 1. The second kappa shape index (κ2) is 9.68. The predicted octanol–water partition coefficient (Wildman–Crippen LogP) is 4.94. The van der Waals surface area contributed by atoms with Gasteiger partial charge in [0.25, 0.3) is 5.91 Å². The Hall–Kier alpha value is -3.66. The largest absolute Gasteiger partial charge is 0.416 e. The number of nitrogens with zero attached hydrogens (tertiary/aromatic N) is 3. The van der Waals surface area contributed by atoms with E-state index < -0.39 is 17.6 Å². The summed E-state index contributed by atoms with van der Waals surface area (Å²) >= 11 is 0. The fraction of sp³-hybridized carbons (Fsp3) is 0.292. The number of hydrogen-bond donors (Lipinski definition) is 2. The van der Waals surface area contributed by atoms with Crippen LogP contribution in [-0.2, 0) is 10.9 Å². The maximum absolute atomic E-state index is 13.3. The zero-order valence-corrected chi connectivity index (χ0v) is 18.7. The van der Waals surface area contributed by atoms with E-state index in [-0.39, 0.29) is 5.69 Å². The summed E-state index contributed by atoms with van der Waals surface area (Å²) in [5.41, 5.74) is 2.42. The standard InChI is InChI=1S/C24H24F3N5O2/c1-15-13-16(2)29-23(28-15)30-19-6-3-17(4-7-19)22(33)31-20-14-18(24(25,26)27)5-8-21(20)32-9-11-34-12-10-32/h3-8,13-14H,9-12H2,1-2H3,(H,31,33)(H,28,29,30). The number of ether oxygens (including phenoxy) is 1. The molecule has 1 aliphatic rings. The van der Waals surface area contributed by atoms with Gasteiger partial charge >= 0.3 is 6.18 Å². The Balaban J connectivity index is 1.54. The molecule has 7 nitrogen and oxygen atoms in total. The van der Waals surface area contributed by atoms with Crippen LogP contribution in [0.5, 0.6) is 0 Å². The van der Waals surface area contributed by atoms with Crippen molar-refractivity contribution >= 4 is 28.9 Å². The molecule has 10 heteroatoms. The minimum atomic E-state index is -4.52. The summed E-state index contributed by atoms with van der Waals surface area (Å²) in [6, 6.07) is 11.8. The van der Waals surface area contributed by atoms with Crippen molar-refractivity contribution in [2.24, 2.45) is 0 Å². The second-order valence-electron chi connectivity index (χ2n) is 7.96. The minimum absolute atomic E-state index is 0.104. The van der Waals surface area contributed by atoms with E-state index in [1.165, 1.54) is 6.07 Å². The molecule has 0 aliphatic carbocycles. The highest BCUT2D eigenvalue weighted by Crippen LogP contribution is 2.36. The lowest BCUT2D eigenvalue weighted by Gasteiger charge is -2.31. The number of amides is 1. The molecular formula is C24H24F3N5O2. The van der Waals surface area contributed by atoms with Crippen molar-refractivity contribution in [1.29, 1.82) is 0 Å². The topological polar surface area (TPSA) is 79.4 Å². The van der Waals surface area contributed by atoms with E-state index in [1.807, 2.05) is 24.8 Å². The lowest BCUT2D eigenvalue weighted by Crippen LogP contribution is -2.36. The second-order valence-corrected chi connectivity index (χ2v) is 7.96. The summed E-state index contributed by atoms with van der Waals surface area (Å²) in [6.45, 7) is 5.71. The number of carbonyl (C=O) groups is 1. The number of rotatable bonds is 5. The molecule has 0 radical (unpaired) electrons. The van der Waals surface area contributed by atoms with E-state index in [9.17, 15) is 18.0 Å². The fourth-order valence-corrected chi connectivity index (χ4v) is 3.70. The van der Waals surface area contributed by atoms with Crippen LogP contribution >= 0.6 is 0 Å². The van der Waals surface area contributed by atoms with E-state index >= 15 is 0 Å². The highest BCUT2D eigenvalue weighted by molar-refractivity contribution is 6.06. The smallest absolute Gasteiger partial charge is 0.378 e. The number of aromatic nitrogens is 2. The van der Waals surface area contributed by atoms with Crippen LogP contribution < -0.4 is 15.5 Å². The lowest BCUT2D eigenvalue weighted by molar-refractivity contribution is -0.137. The Kier molecular flexibility index (Phi) is 6.69. The van der Waals surface area contributed by atoms with Crippen molar-refractivity contribution in [3.8, 4) is 0 Å². The van der Waals surface area contributed by atoms with Gasteiger partial charge in [-0.05, 0) is 62.4 Å². The molecule has 0 bridgehead atoms. The molecule has 1 fully saturated rings. The van der Waals surface area contributed by atoms with Crippen LogP contribution in [0, 0.1) is 13.8 Å². The van der Waals surface area contributed by atoms with Gasteiger partial charge in [0.15, 0.2) is 0 Å². The molecule has 2 N–H and O–H groups in total. The number of hydrogen-bond acceptors (Lipinski definition) is 6. The first-order valence-electron chi connectivity index (χ1n) is 10.7. The van der Waals surface area contributed by atoms with Crippen molar-refractivity contribution < 1.29 is 22.7 Å². The van der Waals surface area contributed by atoms with Gasteiger partial charge in [-0.2, -0.15) is 13.2 Å². The van der Waals surface area contributed by atoms with Gasteiger partial charge in [0, 0.05) is 35.7 Å². The number of morpholine rings is 1. The van der Waals surface area contributed by atoms with E-state index in [0.29, 0.717) is 49.2 Å².